The molecule has 1 unspecified atom stereocenters. The Morgan fingerprint density at radius 2 is 2.05 bits per heavy atom. The lowest BCUT2D eigenvalue weighted by Gasteiger charge is -2.09. The van der Waals surface area contributed by atoms with E-state index in [2.05, 4.69) is 5.10 Å². The third-order valence-corrected chi connectivity index (χ3v) is 3.01. The maximum absolute atomic E-state index is 13.8. The number of rotatable bonds is 5. The number of aromatic nitrogens is 2. The van der Waals surface area contributed by atoms with Gasteiger partial charge in [-0.1, -0.05) is 6.07 Å². The van der Waals surface area contributed by atoms with Crippen molar-refractivity contribution in [2.75, 3.05) is 0 Å². The van der Waals surface area contributed by atoms with E-state index in [1.54, 1.807) is 13.0 Å². The standard InChI is InChI=1S/C15H19FN2O2/c1-10(2)18-7-6-13(17-18)9-20-15-5-4-12(11(3)19)8-14(15)16/h4-8,10-11,19H,9H2,1-3H3. The summed E-state index contributed by atoms with van der Waals surface area (Å²) < 4.78 is 21.0. The molecule has 1 aromatic carbocycles. The molecule has 0 radical (unpaired) electrons. The predicted octanol–water partition coefficient (Wildman–Crippen LogP) is 3.24. The SMILES string of the molecule is CC(O)c1ccc(OCc2ccn(C(C)C)n2)c(F)c1. The summed E-state index contributed by atoms with van der Waals surface area (Å²) in [4.78, 5) is 0. The van der Waals surface area contributed by atoms with Gasteiger partial charge in [0.25, 0.3) is 0 Å². The first kappa shape index (κ1) is 14.5. The fraction of sp³-hybridized carbons (Fsp3) is 0.400. The first-order valence-electron chi connectivity index (χ1n) is 6.61. The third-order valence-electron chi connectivity index (χ3n) is 3.01. The number of benzene rings is 1. The van der Waals surface area contributed by atoms with E-state index in [1.165, 1.54) is 12.1 Å². The molecular weight excluding hydrogens is 259 g/mol. The average molecular weight is 278 g/mol. The van der Waals surface area contributed by atoms with Gasteiger partial charge in [-0.15, -0.1) is 0 Å². The molecule has 0 aliphatic rings. The fourth-order valence-corrected chi connectivity index (χ4v) is 1.79. The molecule has 0 aliphatic carbocycles. The Morgan fingerprint density at radius 3 is 2.60 bits per heavy atom. The van der Waals surface area contributed by atoms with Gasteiger partial charge in [0.15, 0.2) is 11.6 Å². The van der Waals surface area contributed by atoms with Crippen molar-refractivity contribution in [2.45, 2.75) is 39.5 Å². The minimum absolute atomic E-state index is 0.161. The van der Waals surface area contributed by atoms with Gasteiger partial charge in [-0.3, -0.25) is 4.68 Å². The molecule has 0 amide bonds. The van der Waals surface area contributed by atoms with E-state index in [4.69, 9.17) is 4.74 Å². The number of halogens is 1. The van der Waals surface area contributed by atoms with Crippen LogP contribution in [0.25, 0.3) is 0 Å². The van der Waals surface area contributed by atoms with Gasteiger partial charge < -0.3 is 9.84 Å². The molecule has 0 saturated heterocycles. The van der Waals surface area contributed by atoms with Crippen molar-refractivity contribution in [1.29, 1.82) is 0 Å². The number of ether oxygens (including phenoxy) is 1. The molecule has 1 atom stereocenters. The summed E-state index contributed by atoms with van der Waals surface area (Å²) in [5.74, 6) is -0.319. The minimum atomic E-state index is -0.694. The summed E-state index contributed by atoms with van der Waals surface area (Å²) in [5.41, 5.74) is 1.27. The summed E-state index contributed by atoms with van der Waals surface area (Å²) in [6.07, 6.45) is 1.18. The number of aliphatic hydroxyl groups excluding tert-OH is 1. The second kappa shape index (κ2) is 6.05. The highest BCUT2D eigenvalue weighted by Crippen LogP contribution is 2.22. The molecule has 1 heterocycles. The Kier molecular flexibility index (Phi) is 4.39. The summed E-state index contributed by atoms with van der Waals surface area (Å²) in [6, 6.07) is 6.59. The summed E-state index contributed by atoms with van der Waals surface area (Å²) in [6.45, 7) is 5.87. The maximum atomic E-state index is 13.8. The zero-order valence-electron chi connectivity index (χ0n) is 11.9. The Bertz CT molecular complexity index is 579. The predicted molar refractivity (Wildman–Crippen MR) is 74.0 cm³/mol. The van der Waals surface area contributed by atoms with Crippen molar-refractivity contribution in [1.82, 2.24) is 9.78 Å². The molecule has 2 aromatic rings. The lowest BCUT2D eigenvalue weighted by molar-refractivity contribution is 0.198. The van der Waals surface area contributed by atoms with Gasteiger partial charge in [-0.05, 0) is 44.5 Å². The van der Waals surface area contributed by atoms with E-state index in [-0.39, 0.29) is 18.4 Å². The van der Waals surface area contributed by atoms with Gasteiger partial charge in [0.05, 0.1) is 11.8 Å². The molecule has 0 bridgehead atoms. The van der Waals surface area contributed by atoms with E-state index in [0.717, 1.165) is 5.69 Å². The number of nitrogens with zero attached hydrogens (tertiary/aromatic N) is 2. The summed E-state index contributed by atoms with van der Waals surface area (Å²) in [7, 11) is 0. The first-order valence-corrected chi connectivity index (χ1v) is 6.61. The van der Waals surface area contributed by atoms with Gasteiger partial charge in [0.2, 0.25) is 0 Å². The van der Waals surface area contributed by atoms with Crippen LogP contribution < -0.4 is 4.74 Å². The van der Waals surface area contributed by atoms with Crippen molar-refractivity contribution in [3.05, 3.63) is 47.5 Å². The monoisotopic (exact) mass is 278 g/mol. The van der Waals surface area contributed by atoms with E-state index in [1.807, 2.05) is 30.8 Å². The molecular formula is C15H19FN2O2. The number of hydrogen-bond acceptors (Lipinski definition) is 3. The van der Waals surface area contributed by atoms with E-state index in [9.17, 15) is 9.50 Å². The quantitative estimate of drug-likeness (QED) is 0.913. The van der Waals surface area contributed by atoms with Crippen LogP contribution in [0, 0.1) is 5.82 Å². The zero-order chi connectivity index (χ0) is 14.7. The van der Waals surface area contributed by atoms with Crippen LogP contribution in [0.3, 0.4) is 0 Å². The zero-order valence-corrected chi connectivity index (χ0v) is 11.9. The minimum Gasteiger partial charge on any atom is -0.484 e. The van der Waals surface area contributed by atoms with Crippen LogP contribution >= 0.6 is 0 Å². The van der Waals surface area contributed by atoms with Crippen LogP contribution in [0.5, 0.6) is 5.75 Å². The van der Waals surface area contributed by atoms with Gasteiger partial charge >= 0.3 is 0 Å². The lowest BCUT2D eigenvalue weighted by atomic mass is 10.1. The van der Waals surface area contributed by atoms with Crippen molar-refractivity contribution in [3.8, 4) is 5.75 Å². The molecule has 4 nitrogen and oxygen atoms in total. The summed E-state index contributed by atoms with van der Waals surface area (Å²) >= 11 is 0. The van der Waals surface area contributed by atoms with Crippen LogP contribution in [0.1, 0.15) is 44.2 Å². The largest absolute Gasteiger partial charge is 0.484 e. The number of aliphatic hydroxyl groups is 1. The summed E-state index contributed by atoms with van der Waals surface area (Å²) in [5, 5.41) is 13.7. The van der Waals surface area contributed by atoms with Crippen LogP contribution in [0.4, 0.5) is 4.39 Å². The highest BCUT2D eigenvalue weighted by atomic mass is 19.1. The van der Waals surface area contributed by atoms with Crippen LogP contribution in [0.15, 0.2) is 30.5 Å². The fourth-order valence-electron chi connectivity index (χ4n) is 1.79. The molecule has 0 saturated carbocycles. The van der Waals surface area contributed by atoms with Gasteiger partial charge in [0, 0.05) is 12.2 Å². The normalized spacial score (nSPS) is 12.7. The van der Waals surface area contributed by atoms with Crippen molar-refractivity contribution in [2.24, 2.45) is 0 Å². The Hall–Kier alpha value is -1.88. The van der Waals surface area contributed by atoms with E-state index in [0.29, 0.717) is 5.56 Å². The van der Waals surface area contributed by atoms with Crippen LogP contribution in [0.2, 0.25) is 0 Å². The molecule has 20 heavy (non-hydrogen) atoms. The molecule has 0 aliphatic heterocycles. The molecule has 108 valence electrons. The van der Waals surface area contributed by atoms with E-state index >= 15 is 0 Å². The number of hydrogen-bond donors (Lipinski definition) is 1. The third kappa shape index (κ3) is 3.36. The van der Waals surface area contributed by atoms with Crippen molar-refractivity contribution < 1.29 is 14.2 Å². The highest BCUT2D eigenvalue weighted by Gasteiger charge is 2.09. The second-order valence-corrected chi connectivity index (χ2v) is 5.04. The van der Waals surface area contributed by atoms with Crippen LogP contribution in [-0.2, 0) is 6.61 Å². The molecule has 5 heteroatoms. The van der Waals surface area contributed by atoms with E-state index < -0.39 is 11.9 Å². The van der Waals surface area contributed by atoms with Gasteiger partial charge in [-0.25, -0.2) is 4.39 Å². The lowest BCUT2D eigenvalue weighted by Crippen LogP contribution is -2.04. The average Bonchev–Trinajstić information content (AvgIpc) is 2.86. The molecule has 0 spiro atoms. The Morgan fingerprint density at radius 1 is 1.30 bits per heavy atom. The van der Waals surface area contributed by atoms with Crippen molar-refractivity contribution in [3.63, 3.8) is 0 Å². The topological polar surface area (TPSA) is 47.3 Å². The molecule has 0 fully saturated rings. The molecule has 1 aromatic heterocycles. The van der Waals surface area contributed by atoms with Gasteiger partial charge in [0.1, 0.15) is 6.61 Å². The first-order chi connectivity index (χ1) is 9.47. The maximum Gasteiger partial charge on any atom is 0.165 e. The Labute approximate surface area is 117 Å². The van der Waals surface area contributed by atoms with Crippen LogP contribution in [-0.4, -0.2) is 14.9 Å². The Balaban J connectivity index is 2.03. The smallest absolute Gasteiger partial charge is 0.165 e. The molecule has 2 rings (SSSR count). The second-order valence-electron chi connectivity index (χ2n) is 5.04. The van der Waals surface area contributed by atoms with Gasteiger partial charge in [-0.2, -0.15) is 5.10 Å². The highest BCUT2D eigenvalue weighted by molar-refractivity contribution is 5.30. The molecule has 1 N–H and O–H groups in total. The van der Waals surface area contributed by atoms with Crippen molar-refractivity contribution >= 4 is 0 Å².